The van der Waals surface area contributed by atoms with Crippen molar-refractivity contribution in [2.24, 2.45) is 0 Å². The minimum absolute atomic E-state index is 0.357. The van der Waals surface area contributed by atoms with Crippen LogP contribution in [0.3, 0.4) is 0 Å². The number of hydrogen-bond donors (Lipinski definition) is 1. The highest BCUT2D eigenvalue weighted by Crippen LogP contribution is 2.29. The van der Waals surface area contributed by atoms with Gasteiger partial charge in [0, 0.05) is 0 Å². The molecule has 100 valence electrons. The zero-order chi connectivity index (χ0) is 13.9. The Hall–Kier alpha value is -1.23. The summed E-state index contributed by atoms with van der Waals surface area (Å²) in [5, 5.41) is 1.92. The van der Waals surface area contributed by atoms with Gasteiger partial charge in [0.05, 0.1) is 11.6 Å². The minimum atomic E-state index is -4.35. The molecule has 2 atom stereocenters. The molecule has 6 heteroatoms. The number of carbonyl (C=O) groups is 1. The molecule has 0 fully saturated rings. The third kappa shape index (κ3) is 3.91. The molecule has 2 nitrogen and oxygen atoms in total. The van der Waals surface area contributed by atoms with E-state index in [0.717, 1.165) is 12.1 Å². The Morgan fingerprint density at radius 2 is 1.72 bits per heavy atom. The molecule has 0 aromatic heterocycles. The van der Waals surface area contributed by atoms with Gasteiger partial charge in [-0.3, -0.25) is 4.79 Å². The third-order valence-electron chi connectivity index (χ3n) is 2.46. The molecular formula is C12H13ClF3NO. The first-order chi connectivity index (χ1) is 8.21. The number of rotatable bonds is 3. The largest absolute Gasteiger partial charge is 0.416 e. The molecule has 0 radical (unpaired) electrons. The summed E-state index contributed by atoms with van der Waals surface area (Å²) in [6.45, 7) is 3.20. The molecule has 0 saturated heterocycles. The molecule has 1 N–H and O–H groups in total. The third-order valence-corrected chi connectivity index (χ3v) is 2.66. The Labute approximate surface area is 108 Å². The van der Waals surface area contributed by atoms with Crippen molar-refractivity contribution in [3.05, 3.63) is 35.4 Å². The van der Waals surface area contributed by atoms with Crippen LogP contribution in [0.25, 0.3) is 0 Å². The van der Waals surface area contributed by atoms with Crippen LogP contribution < -0.4 is 5.32 Å². The highest BCUT2D eigenvalue weighted by atomic mass is 35.5. The molecule has 0 spiro atoms. The van der Waals surface area contributed by atoms with Crippen molar-refractivity contribution in [1.29, 1.82) is 0 Å². The SMILES string of the molecule is CC(Cl)C(=O)NC(C)c1ccc(C(F)(F)F)cc1. The number of alkyl halides is 4. The fourth-order valence-corrected chi connectivity index (χ4v) is 1.44. The average Bonchev–Trinajstić information content (AvgIpc) is 2.27. The number of halogens is 4. The molecule has 0 aliphatic carbocycles. The summed E-state index contributed by atoms with van der Waals surface area (Å²) in [5.74, 6) is -0.357. The monoisotopic (exact) mass is 279 g/mol. The smallest absolute Gasteiger partial charge is 0.348 e. The molecule has 1 rings (SSSR count). The molecule has 1 aromatic carbocycles. The number of benzene rings is 1. The summed E-state index contributed by atoms with van der Waals surface area (Å²) < 4.78 is 37.0. The number of nitrogens with one attached hydrogen (secondary N) is 1. The van der Waals surface area contributed by atoms with Crippen LogP contribution in [-0.4, -0.2) is 11.3 Å². The van der Waals surface area contributed by atoms with E-state index in [1.807, 2.05) is 0 Å². The normalized spacial score (nSPS) is 15.0. The molecule has 18 heavy (non-hydrogen) atoms. The van der Waals surface area contributed by atoms with Crippen molar-refractivity contribution in [3.63, 3.8) is 0 Å². The lowest BCUT2D eigenvalue weighted by Crippen LogP contribution is -2.31. The van der Waals surface area contributed by atoms with E-state index in [0.29, 0.717) is 5.56 Å². The molecule has 0 bridgehead atoms. The minimum Gasteiger partial charge on any atom is -0.348 e. The highest BCUT2D eigenvalue weighted by molar-refractivity contribution is 6.30. The maximum Gasteiger partial charge on any atom is 0.416 e. The summed E-state index contributed by atoms with van der Waals surface area (Å²) in [6.07, 6.45) is -4.35. The van der Waals surface area contributed by atoms with Crippen molar-refractivity contribution in [2.75, 3.05) is 0 Å². The molecule has 1 amide bonds. The van der Waals surface area contributed by atoms with Crippen LogP contribution >= 0.6 is 11.6 Å². The van der Waals surface area contributed by atoms with E-state index in [-0.39, 0.29) is 11.9 Å². The van der Waals surface area contributed by atoms with Gasteiger partial charge in [0.2, 0.25) is 5.91 Å². The lowest BCUT2D eigenvalue weighted by molar-refractivity contribution is -0.137. The molecule has 0 saturated carbocycles. The summed E-state index contributed by atoms with van der Waals surface area (Å²) in [5.41, 5.74) is -0.121. The van der Waals surface area contributed by atoms with E-state index >= 15 is 0 Å². The topological polar surface area (TPSA) is 29.1 Å². The maximum absolute atomic E-state index is 12.3. The van der Waals surface area contributed by atoms with Crippen LogP contribution in [0.5, 0.6) is 0 Å². The van der Waals surface area contributed by atoms with Crippen molar-refractivity contribution < 1.29 is 18.0 Å². The van der Waals surface area contributed by atoms with Gasteiger partial charge in [0.25, 0.3) is 0 Å². The van der Waals surface area contributed by atoms with Crippen LogP contribution in [0.15, 0.2) is 24.3 Å². The molecule has 0 aliphatic rings. The van der Waals surface area contributed by atoms with Crippen LogP contribution in [0.1, 0.15) is 31.0 Å². The van der Waals surface area contributed by atoms with Crippen LogP contribution in [0, 0.1) is 0 Å². The predicted molar refractivity (Wildman–Crippen MR) is 63.3 cm³/mol. The van der Waals surface area contributed by atoms with Gasteiger partial charge < -0.3 is 5.32 Å². The van der Waals surface area contributed by atoms with Crippen molar-refractivity contribution >= 4 is 17.5 Å². The summed E-state index contributed by atoms with van der Waals surface area (Å²) in [4.78, 5) is 11.3. The van der Waals surface area contributed by atoms with Gasteiger partial charge in [-0.2, -0.15) is 13.2 Å². The molecule has 0 aliphatic heterocycles. The van der Waals surface area contributed by atoms with Gasteiger partial charge in [-0.15, -0.1) is 11.6 Å². The summed E-state index contributed by atoms with van der Waals surface area (Å²) in [6, 6.07) is 4.27. The maximum atomic E-state index is 12.3. The van der Waals surface area contributed by atoms with Crippen molar-refractivity contribution in [3.8, 4) is 0 Å². The number of amides is 1. The Morgan fingerprint density at radius 3 is 2.11 bits per heavy atom. The summed E-state index contributed by atoms with van der Waals surface area (Å²) in [7, 11) is 0. The highest BCUT2D eigenvalue weighted by Gasteiger charge is 2.30. The standard InChI is InChI=1S/C12H13ClF3NO/c1-7(13)11(18)17-8(2)9-3-5-10(6-4-9)12(14,15)16/h3-8H,1-2H3,(H,17,18). The van der Waals surface area contributed by atoms with Gasteiger partial charge in [-0.05, 0) is 31.5 Å². The van der Waals surface area contributed by atoms with E-state index in [1.54, 1.807) is 6.92 Å². The van der Waals surface area contributed by atoms with Crippen LogP contribution in [0.4, 0.5) is 13.2 Å². The Kier molecular flexibility index (Phi) is 4.62. The molecule has 0 heterocycles. The van der Waals surface area contributed by atoms with E-state index in [1.165, 1.54) is 19.1 Å². The van der Waals surface area contributed by atoms with Crippen molar-refractivity contribution in [1.82, 2.24) is 5.32 Å². The predicted octanol–water partition coefficient (Wildman–Crippen LogP) is 3.51. The number of hydrogen-bond acceptors (Lipinski definition) is 1. The van der Waals surface area contributed by atoms with Gasteiger partial charge in [-0.25, -0.2) is 0 Å². The zero-order valence-corrected chi connectivity index (χ0v) is 10.6. The van der Waals surface area contributed by atoms with E-state index in [2.05, 4.69) is 5.32 Å². The first-order valence-corrected chi connectivity index (χ1v) is 5.77. The van der Waals surface area contributed by atoms with Gasteiger partial charge in [0.15, 0.2) is 0 Å². The Morgan fingerprint density at radius 1 is 1.22 bits per heavy atom. The van der Waals surface area contributed by atoms with E-state index in [9.17, 15) is 18.0 Å². The first kappa shape index (κ1) is 14.8. The fraction of sp³-hybridized carbons (Fsp3) is 0.417. The second-order valence-electron chi connectivity index (χ2n) is 3.97. The fourth-order valence-electron chi connectivity index (χ4n) is 1.37. The van der Waals surface area contributed by atoms with E-state index < -0.39 is 17.1 Å². The second kappa shape index (κ2) is 5.61. The Balaban J connectivity index is 2.76. The molecule has 1 aromatic rings. The average molecular weight is 280 g/mol. The van der Waals surface area contributed by atoms with Crippen LogP contribution in [-0.2, 0) is 11.0 Å². The first-order valence-electron chi connectivity index (χ1n) is 5.33. The second-order valence-corrected chi connectivity index (χ2v) is 4.62. The van der Waals surface area contributed by atoms with Crippen molar-refractivity contribution in [2.45, 2.75) is 31.4 Å². The Bertz CT molecular complexity index is 414. The van der Waals surface area contributed by atoms with Gasteiger partial charge in [-0.1, -0.05) is 12.1 Å². The molecule has 2 unspecified atom stereocenters. The van der Waals surface area contributed by atoms with Gasteiger partial charge >= 0.3 is 6.18 Å². The van der Waals surface area contributed by atoms with E-state index in [4.69, 9.17) is 11.6 Å². The molecular weight excluding hydrogens is 267 g/mol. The number of carbonyl (C=O) groups excluding carboxylic acids is 1. The van der Waals surface area contributed by atoms with Crippen LogP contribution in [0.2, 0.25) is 0 Å². The lowest BCUT2D eigenvalue weighted by atomic mass is 10.1. The van der Waals surface area contributed by atoms with Gasteiger partial charge in [0.1, 0.15) is 5.38 Å². The quantitative estimate of drug-likeness (QED) is 0.843. The summed E-state index contributed by atoms with van der Waals surface area (Å²) >= 11 is 5.58. The lowest BCUT2D eigenvalue weighted by Gasteiger charge is -2.16. The zero-order valence-electron chi connectivity index (χ0n) is 9.88.